The first-order chi connectivity index (χ1) is 39.8. The van der Waals surface area contributed by atoms with Crippen LogP contribution in [0.4, 0.5) is 0 Å². The largest absolute Gasteiger partial charge is 0.494 e. The molecule has 0 bridgehead atoms. The predicted molar refractivity (Wildman–Crippen MR) is 310 cm³/mol. The number of unbranched alkanes of at least 4 members (excludes halogenated alkanes) is 6. The molecule has 0 spiro atoms. The third-order valence-electron chi connectivity index (χ3n) is 15.0. The fourth-order valence-electron chi connectivity index (χ4n) is 10.4. The van der Waals surface area contributed by atoms with E-state index in [0.717, 1.165) is 80.7 Å². The number of aromatic nitrogens is 1. The van der Waals surface area contributed by atoms with Crippen LogP contribution in [0.1, 0.15) is 153 Å². The van der Waals surface area contributed by atoms with Gasteiger partial charge in [0.1, 0.15) is 38.8 Å². The smallest absolute Gasteiger partial charge is 0.314 e. The number of carbonyl (C=O) groups excluding carboxylic acids is 6. The minimum Gasteiger partial charge on any atom is -0.494 e. The topological polar surface area (TPSA) is 202 Å². The highest BCUT2D eigenvalue weighted by Crippen LogP contribution is 2.44. The first kappa shape index (κ1) is 60.8. The number of hydrogen-bond donors (Lipinski definition) is 0. The number of fused-ring (bicyclic) bond motifs is 2. The lowest BCUT2D eigenvalue weighted by atomic mass is 9.82. The Kier molecular flexibility index (Phi) is 22.8. The van der Waals surface area contributed by atoms with E-state index in [1.165, 1.54) is 11.3 Å². The molecule has 2 fully saturated rings. The molecule has 0 atom stereocenters. The van der Waals surface area contributed by atoms with Crippen molar-refractivity contribution < 1.29 is 71.1 Å². The lowest BCUT2D eigenvalue weighted by molar-refractivity contribution is -0.145. The van der Waals surface area contributed by atoms with Crippen LogP contribution in [0, 0.1) is 37.5 Å². The second kappa shape index (κ2) is 30.7. The minimum atomic E-state index is -0.461. The molecule has 16 nitrogen and oxygen atoms in total. The molecule has 0 amide bonds. The zero-order chi connectivity index (χ0) is 57.8. The average molecular weight is 1140 g/mol. The number of ether oxygens (including phenoxy) is 8. The van der Waals surface area contributed by atoms with Gasteiger partial charge in [0.15, 0.2) is 22.3 Å². The number of carbonyl (C=O) groups is 6. The normalized spacial score (nSPS) is 17.0. The van der Waals surface area contributed by atoms with Gasteiger partial charge in [0.25, 0.3) is 0 Å². The van der Waals surface area contributed by atoms with E-state index in [0.29, 0.717) is 140 Å². The number of hydrogen-bond acceptors (Lipinski definition) is 17. The average Bonchev–Trinajstić information content (AvgIpc) is 4.21. The number of rotatable bonds is 29. The Balaban J connectivity index is 0.808. The van der Waals surface area contributed by atoms with Crippen molar-refractivity contribution in [2.75, 3.05) is 26.4 Å². The summed E-state index contributed by atoms with van der Waals surface area (Å²) in [5.41, 5.74) is 3.18. The number of aryl methyl sites for hydroxylation is 2. The Morgan fingerprint density at radius 3 is 1.38 bits per heavy atom. The Labute approximate surface area is 483 Å². The second-order valence-corrected chi connectivity index (χ2v) is 22.6. The van der Waals surface area contributed by atoms with Crippen LogP contribution in [0.2, 0.25) is 0 Å². The fourth-order valence-corrected chi connectivity index (χ4v) is 11.3. The molecule has 0 unspecified atom stereocenters. The molecular weight excluding hydrogens is 1070 g/mol. The van der Waals surface area contributed by atoms with E-state index >= 15 is 0 Å². The van der Waals surface area contributed by atoms with Crippen molar-refractivity contribution >= 4 is 68.3 Å². The molecule has 2 aromatic heterocycles. The van der Waals surface area contributed by atoms with E-state index < -0.39 is 23.8 Å². The summed E-state index contributed by atoms with van der Waals surface area (Å²) in [5, 5.41) is 1.46. The summed E-state index contributed by atoms with van der Waals surface area (Å²) in [5.74, 6) is -0.307. The van der Waals surface area contributed by atoms with E-state index in [1.807, 2.05) is 39.8 Å². The predicted octanol–water partition coefficient (Wildman–Crippen LogP) is 14.5. The van der Waals surface area contributed by atoms with Crippen LogP contribution in [-0.2, 0) is 38.2 Å². The van der Waals surface area contributed by atoms with Gasteiger partial charge >= 0.3 is 35.8 Å². The van der Waals surface area contributed by atoms with Crippen molar-refractivity contribution in [3.8, 4) is 45.3 Å². The zero-order valence-electron chi connectivity index (χ0n) is 47.8. The van der Waals surface area contributed by atoms with Crippen molar-refractivity contribution in [2.24, 2.45) is 23.7 Å². The molecule has 2 heterocycles. The number of benzene rings is 4. The summed E-state index contributed by atoms with van der Waals surface area (Å²) in [6.45, 7) is 9.93. The van der Waals surface area contributed by atoms with Crippen LogP contribution in [-0.4, -0.2) is 67.2 Å². The lowest BCUT2D eigenvalue weighted by Gasteiger charge is -2.26. The highest BCUT2D eigenvalue weighted by molar-refractivity contribution is 7.22. The van der Waals surface area contributed by atoms with Crippen LogP contribution >= 0.6 is 11.3 Å². The standard InChI is InChI=1S/C65H77NO15S/c1-5-15-57(67)75-37-13-9-7-11-35-73-48-25-29-50(30-26-48)77-62(69)44-17-21-46(22-18-44)64(71)80-53-33-34-54(60-59(53)66-61(82-60)56-41-52-43(4)39-42(3)40-55(52)79-56)81-65(72)47-23-19-45(20-24-47)63(70)78-51-31-27-49(28-32-51)74-36-12-8-10-14-38-76-58(68)16-6-2/h25-34,39-41,44-47H,5-24,35-38H2,1-4H3. The van der Waals surface area contributed by atoms with E-state index in [9.17, 15) is 28.8 Å². The molecule has 438 valence electrons. The SMILES string of the molecule is CCCC(=O)OCCCCCCOc1ccc(OC(=O)C2CCC(C(=O)Oc3ccc(OC(=O)C4CCC(C(=O)Oc5ccc(OCCCCCCOC(=O)CCC)cc5)CC4)c4sc(-c5cc6c(C)cc(C)cc6o5)nc34)CC2)cc1. The monoisotopic (exact) mass is 1140 g/mol. The van der Waals surface area contributed by atoms with Gasteiger partial charge in [-0.25, -0.2) is 4.98 Å². The molecule has 8 rings (SSSR count). The van der Waals surface area contributed by atoms with Crippen molar-refractivity contribution in [2.45, 2.75) is 156 Å². The second-order valence-electron chi connectivity index (χ2n) is 21.6. The van der Waals surface area contributed by atoms with Crippen molar-refractivity contribution in [1.29, 1.82) is 0 Å². The maximum atomic E-state index is 13.9. The Morgan fingerprint density at radius 1 is 0.500 bits per heavy atom. The molecule has 0 radical (unpaired) electrons. The Hall–Kier alpha value is -7.27. The number of thiazole rings is 1. The number of nitrogens with zero attached hydrogens (tertiary/aromatic N) is 1. The van der Waals surface area contributed by atoms with Gasteiger partial charge in [-0.1, -0.05) is 19.9 Å². The third-order valence-corrected chi connectivity index (χ3v) is 16.1. The van der Waals surface area contributed by atoms with Crippen LogP contribution in [0.3, 0.4) is 0 Å². The van der Waals surface area contributed by atoms with E-state index in [1.54, 1.807) is 60.7 Å². The molecule has 2 saturated carbocycles. The van der Waals surface area contributed by atoms with Gasteiger partial charge in [0.05, 0.1) is 50.1 Å². The summed E-state index contributed by atoms with van der Waals surface area (Å²) in [4.78, 5) is 82.3. The van der Waals surface area contributed by atoms with E-state index in [4.69, 9.17) is 47.3 Å². The highest BCUT2D eigenvalue weighted by atomic mass is 32.1. The molecule has 82 heavy (non-hydrogen) atoms. The lowest BCUT2D eigenvalue weighted by Crippen LogP contribution is -2.30. The zero-order valence-corrected chi connectivity index (χ0v) is 48.6. The molecule has 0 saturated heterocycles. The molecule has 2 aliphatic carbocycles. The third kappa shape index (κ3) is 17.6. The summed E-state index contributed by atoms with van der Waals surface area (Å²) in [6.07, 6.45) is 13.3. The van der Waals surface area contributed by atoms with Gasteiger partial charge in [-0.3, -0.25) is 28.8 Å². The minimum absolute atomic E-state index is 0.142. The number of esters is 6. The molecular formula is C65H77NO15S. The van der Waals surface area contributed by atoms with Gasteiger partial charge in [-0.2, -0.15) is 0 Å². The van der Waals surface area contributed by atoms with Crippen LogP contribution in [0.5, 0.6) is 34.5 Å². The van der Waals surface area contributed by atoms with Gasteiger partial charge < -0.3 is 42.3 Å². The fraction of sp³-hybridized carbons (Fsp3) is 0.492. The summed E-state index contributed by atoms with van der Waals surface area (Å²) in [6, 6.07) is 23.2. The first-order valence-corrected chi connectivity index (χ1v) is 30.2. The Morgan fingerprint density at radius 2 is 0.915 bits per heavy atom. The molecule has 17 heteroatoms. The van der Waals surface area contributed by atoms with E-state index in [-0.39, 0.29) is 47.2 Å². The maximum absolute atomic E-state index is 13.9. The van der Waals surface area contributed by atoms with Gasteiger partial charge in [0, 0.05) is 18.2 Å². The first-order valence-electron chi connectivity index (χ1n) is 29.4. The molecule has 0 aliphatic heterocycles. The summed E-state index contributed by atoms with van der Waals surface area (Å²) in [7, 11) is 0. The van der Waals surface area contributed by atoms with Crippen LogP contribution < -0.4 is 28.4 Å². The van der Waals surface area contributed by atoms with Crippen molar-refractivity contribution in [3.63, 3.8) is 0 Å². The van der Waals surface area contributed by atoms with Crippen LogP contribution in [0.15, 0.2) is 83.3 Å². The Bertz CT molecular complexity index is 2930. The quantitative estimate of drug-likeness (QED) is 0.0243. The van der Waals surface area contributed by atoms with Crippen LogP contribution in [0.25, 0.3) is 32.0 Å². The van der Waals surface area contributed by atoms with Crippen molar-refractivity contribution in [3.05, 3.63) is 90.0 Å². The molecule has 2 aliphatic rings. The van der Waals surface area contributed by atoms with Crippen molar-refractivity contribution in [1.82, 2.24) is 4.98 Å². The highest BCUT2D eigenvalue weighted by Gasteiger charge is 2.35. The maximum Gasteiger partial charge on any atom is 0.314 e. The molecule has 0 N–H and O–H groups in total. The van der Waals surface area contributed by atoms with Gasteiger partial charge in [-0.05, 0) is 213 Å². The number of furan rings is 1. The summed E-state index contributed by atoms with van der Waals surface area (Å²) < 4.78 is 52.7. The van der Waals surface area contributed by atoms with Gasteiger partial charge in [0.2, 0.25) is 0 Å². The molecule has 4 aromatic carbocycles. The molecule has 6 aromatic rings. The summed E-state index contributed by atoms with van der Waals surface area (Å²) >= 11 is 1.27. The van der Waals surface area contributed by atoms with E-state index in [2.05, 4.69) is 6.07 Å². The van der Waals surface area contributed by atoms with Gasteiger partial charge in [-0.15, -0.1) is 11.3 Å².